The molecule has 0 aromatic rings. The van der Waals surface area contributed by atoms with Crippen molar-refractivity contribution in [2.75, 3.05) is 6.61 Å². The zero-order valence-corrected chi connectivity index (χ0v) is 9.58. The van der Waals surface area contributed by atoms with E-state index in [0.717, 1.165) is 0 Å². The predicted molar refractivity (Wildman–Crippen MR) is 30.3 cm³/mol. The number of ether oxygens (including phenoxy) is 1. The van der Waals surface area contributed by atoms with Gasteiger partial charge in [-0.3, -0.25) is 0 Å². The molecule has 0 spiro atoms. The fourth-order valence-corrected chi connectivity index (χ4v) is 0.320. The Hall–Kier alpha value is 0.136. The summed E-state index contributed by atoms with van der Waals surface area (Å²) in [6.07, 6.45) is 0.609. The number of hydrogen-bond donors (Lipinski definition) is 0. The zero-order valence-electron chi connectivity index (χ0n) is 6.46. The molecule has 0 aliphatic heterocycles. The van der Waals surface area contributed by atoms with Crippen molar-refractivity contribution in [3.63, 3.8) is 0 Å². The number of esters is 1. The van der Waals surface area contributed by atoms with E-state index in [2.05, 4.69) is 4.74 Å². The summed E-state index contributed by atoms with van der Waals surface area (Å²) in [5.41, 5.74) is 0. The largest absolute Gasteiger partial charge is 1.00 e. The summed E-state index contributed by atoms with van der Waals surface area (Å²) in [7, 11) is 0. The molecule has 5 heteroatoms. The van der Waals surface area contributed by atoms with Crippen LogP contribution in [-0.4, -0.2) is 12.6 Å². The van der Waals surface area contributed by atoms with Crippen LogP contribution in [0.25, 0.3) is 0 Å². The summed E-state index contributed by atoms with van der Waals surface area (Å²) in [5.74, 6) is -1.90. The van der Waals surface area contributed by atoms with E-state index in [4.69, 9.17) is 5.26 Å². The second-order valence-electron chi connectivity index (χ2n) is 1.36. The molecule has 0 rings (SSSR count). The third-order valence-corrected chi connectivity index (χ3v) is 0.672. The Morgan fingerprint density at radius 1 is 1.82 bits per heavy atom. The maximum atomic E-state index is 10.4. The topological polar surface area (TPSA) is 73.2 Å². The first-order chi connectivity index (χ1) is 4.72. The van der Waals surface area contributed by atoms with Crippen molar-refractivity contribution in [3.05, 3.63) is 11.8 Å². The number of allylic oxidation sites excluding steroid dienone is 1. The molecular weight excluding hydrogens is 173 g/mol. The first-order valence-electron chi connectivity index (χ1n) is 2.66. The van der Waals surface area contributed by atoms with E-state index in [1.54, 1.807) is 6.92 Å². The molecule has 0 amide bonds. The van der Waals surface area contributed by atoms with E-state index in [-0.39, 0.29) is 58.0 Å². The van der Waals surface area contributed by atoms with Gasteiger partial charge in [0.05, 0.1) is 12.7 Å². The van der Waals surface area contributed by atoms with E-state index in [1.807, 2.05) is 0 Å². The smallest absolute Gasteiger partial charge is 0.867 e. The maximum absolute atomic E-state index is 10.4. The maximum Gasteiger partial charge on any atom is 1.00 e. The van der Waals surface area contributed by atoms with Gasteiger partial charge in [-0.1, -0.05) is 0 Å². The van der Waals surface area contributed by atoms with Crippen molar-refractivity contribution in [1.82, 2.24) is 0 Å². The molecule has 54 valence electrons. The van der Waals surface area contributed by atoms with Crippen LogP contribution in [0, 0.1) is 11.3 Å². The van der Waals surface area contributed by atoms with Gasteiger partial charge in [0.1, 0.15) is 0 Å². The summed E-state index contributed by atoms with van der Waals surface area (Å²) in [5, 5.41) is 18.3. The van der Waals surface area contributed by atoms with Gasteiger partial charge < -0.3 is 9.84 Å². The van der Waals surface area contributed by atoms with E-state index in [9.17, 15) is 9.90 Å². The van der Waals surface area contributed by atoms with Crippen LogP contribution in [0.4, 0.5) is 0 Å². The fourth-order valence-electron chi connectivity index (χ4n) is 0.320. The SMILES string of the molecule is CCOC(=O)C([O-])=CC#N.[K+]. The number of carbonyl (C=O) groups is 1. The van der Waals surface area contributed by atoms with Gasteiger partial charge in [-0.15, -0.1) is 0 Å². The Labute approximate surface area is 107 Å². The van der Waals surface area contributed by atoms with Gasteiger partial charge in [0.25, 0.3) is 0 Å². The van der Waals surface area contributed by atoms with Gasteiger partial charge in [0.15, 0.2) is 0 Å². The van der Waals surface area contributed by atoms with Gasteiger partial charge in [-0.05, 0) is 12.7 Å². The van der Waals surface area contributed by atoms with Gasteiger partial charge in [-0.2, -0.15) is 5.26 Å². The van der Waals surface area contributed by atoms with Crippen LogP contribution < -0.4 is 56.5 Å². The predicted octanol–water partition coefficient (Wildman–Crippen LogP) is -3.68. The van der Waals surface area contributed by atoms with Crippen molar-refractivity contribution >= 4 is 5.97 Å². The molecule has 11 heavy (non-hydrogen) atoms. The monoisotopic (exact) mass is 179 g/mol. The minimum atomic E-state index is -0.982. The van der Waals surface area contributed by atoms with Gasteiger partial charge in [-0.25, -0.2) is 4.79 Å². The number of nitriles is 1. The molecular formula is C6H6KNO3. The minimum Gasteiger partial charge on any atom is -0.867 e. The summed E-state index contributed by atoms with van der Waals surface area (Å²) < 4.78 is 4.29. The molecule has 0 aromatic heterocycles. The number of nitrogens with zero attached hydrogens (tertiary/aromatic N) is 1. The van der Waals surface area contributed by atoms with Crippen molar-refractivity contribution in [2.24, 2.45) is 0 Å². The molecule has 0 aromatic carbocycles. The molecule has 0 heterocycles. The van der Waals surface area contributed by atoms with Crippen molar-refractivity contribution in [1.29, 1.82) is 5.26 Å². The number of hydrogen-bond acceptors (Lipinski definition) is 4. The number of rotatable bonds is 2. The molecule has 0 saturated carbocycles. The Kier molecular flexibility index (Phi) is 10.3. The molecule has 0 radical (unpaired) electrons. The van der Waals surface area contributed by atoms with E-state index < -0.39 is 11.7 Å². The van der Waals surface area contributed by atoms with E-state index >= 15 is 0 Å². The van der Waals surface area contributed by atoms with Crippen molar-refractivity contribution < 1.29 is 66.0 Å². The average Bonchev–Trinajstić information content (AvgIpc) is 1.89. The van der Waals surface area contributed by atoms with Crippen LogP contribution >= 0.6 is 0 Å². The molecule has 4 nitrogen and oxygen atoms in total. The Morgan fingerprint density at radius 3 is 2.73 bits per heavy atom. The standard InChI is InChI=1S/C6H7NO3.K/c1-2-10-6(9)5(8)3-4-7;/h3,8H,2H2,1H3;/q;+1/p-1. The van der Waals surface area contributed by atoms with Crippen LogP contribution in [0.3, 0.4) is 0 Å². The molecule has 0 aliphatic rings. The second kappa shape index (κ2) is 8.24. The van der Waals surface area contributed by atoms with Crippen LogP contribution in [0.1, 0.15) is 6.92 Å². The van der Waals surface area contributed by atoms with Crippen LogP contribution in [0.2, 0.25) is 0 Å². The summed E-state index contributed by atoms with van der Waals surface area (Å²) >= 11 is 0. The average molecular weight is 179 g/mol. The first kappa shape index (κ1) is 13.7. The molecule has 0 bridgehead atoms. The Balaban J connectivity index is 0. The molecule has 0 unspecified atom stereocenters. The van der Waals surface area contributed by atoms with Crippen molar-refractivity contribution in [3.8, 4) is 6.07 Å². The quantitative estimate of drug-likeness (QED) is 0.144. The molecule has 0 fully saturated rings. The van der Waals surface area contributed by atoms with Gasteiger partial charge in [0, 0.05) is 6.08 Å². The molecule has 0 N–H and O–H groups in total. The normalized spacial score (nSPS) is 9.27. The fraction of sp³-hybridized carbons (Fsp3) is 0.333. The van der Waals surface area contributed by atoms with Crippen LogP contribution in [-0.2, 0) is 9.53 Å². The summed E-state index contributed by atoms with van der Waals surface area (Å²) in [6, 6.07) is 1.43. The van der Waals surface area contributed by atoms with Gasteiger partial charge in [0.2, 0.25) is 0 Å². The number of carbonyl (C=O) groups excluding carboxylic acids is 1. The third-order valence-electron chi connectivity index (χ3n) is 0.672. The van der Waals surface area contributed by atoms with Gasteiger partial charge >= 0.3 is 57.4 Å². The molecule has 0 aliphatic carbocycles. The second-order valence-corrected chi connectivity index (χ2v) is 1.36. The first-order valence-corrected chi connectivity index (χ1v) is 2.66. The Bertz CT molecular complexity index is 194. The third kappa shape index (κ3) is 6.53. The zero-order chi connectivity index (χ0) is 7.98. The molecule has 0 atom stereocenters. The summed E-state index contributed by atoms with van der Waals surface area (Å²) in [4.78, 5) is 10.4. The molecule has 0 saturated heterocycles. The van der Waals surface area contributed by atoms with E-state index in [1.165, 1.54) is 6.07 Å². The summed E-state index contributed by atoms with van der Waals surface area (Å²) in [6.45, 7) is 1.72. The van der Waals surface area contributed by atoms with Crippen LogP contribution in [0.15, 0.2) is 11.8 Å². The van der Waals surface area contributed by atoms with E-state index in [0.29, 0.717) is 6.08 Å². The van der Waals surface area contributed by atoms with Crippen LogP contribution in [0.5, 0.6) is 0 Å². The Morgan fingerprint density at radius 2 is 2.36 bits per heavy atom. The van der Waals surface area contributed by atoms with Crippen molar-refractivity contribution in [2.45, 2.75) is 6.92 Å². The minimum absolute atomic E-state index is 0.